The summed E-state index contributed by atoms with van der Waals surface area (Å²) in [6, 6.07) is 10.1. The molecule has 1 atom stereocenters. The Morgan fingerprint density at radius 3 is 2.36 bits per heavy atom. The third-order valence-corrected chi connectivity index (χ3v) is 4.96. The number of hydrogen-bond donors (Lipinski definition) is 1. The number of aromatic amines is 1. The molecule has 0 saturated carbocycles. The summed E-state index contributed by atoms with van der Waals surface area (Å²) in [6.45, 7) is 7.12. The fraction of sp³-hybridized carbons (Fsp3) is 0.333. The molecule has 2 rings (SSSR count). The van der Waals surface area contributed by atoms with Gasteiger partial charge in [-0.2, -0.15) is 0 Å². The van der Waals surface area contributed by atoms with E-state index in [0.29, 0.717) is 11.3 Å². The van der Waals surface area contributed by atoms with Gasteiger partial charge in [0.05, 0.1) is 10.9 Å². The number of aromatic nitrogens is 1. The van der Waals surface area contributed by atoms with Crippen LogP contribution in [0.4, 0.5) is 0 Å². The van der Waals surface area contributed by atoms with Gasteiger partial charge >= 0.3 is 0 Å². The van der Waals surface area contributed by atoms with Gasteiger partial charge in [-0.3, -0.25) is 9.59 Å². The van der Waals surface area contributed by atoms with Crippen LogP contribution in [0.25, 0.3) is 0 Å². The van der Waals surface area contributed by atoms with Gasteiger partial charge in [0.15, 0.2) is 11.6 Å². The minimum Gasteiger partial charge on any atom is -0.355 e. The number of rotatable bonds is 6. The fourth-order valence-corrected chi connectivity index (χ4v) is 3.50. The van der Waals surface area contributed by atoms with Gasteiger partial charge in [-0.25, -0.2) is 0 Å². The molecule has 1 aromatic heterocycles. The number of carbonyl (C=O) groups is 2. The maximum absolute atomic E-state index is 12.6. The van der Waals surface area contributed by atoms with E-state index in [2.05, 4.69) is 17.1 Å². The topological polar surface area (TPSA) is 49.9 Å². The zero-order chi connectivity index (χ0) is 16.3. The predicted molar refractivity (Wildman–Crippen MR) is 91.8 cm³/mol. The van der Waals surface area contributed by atoms with Crippen LogP contribution in [0.1, 0.15) is 51.5 Å². The number of ketones is 2. The van der Waals surface area contributed by atoms with Crippen molar-refractivity contribution in [3.05, 3.63) is 58.4 Å². The molecule has 22 heavy (non-hydrogen) atoms. The first kappa shape index (κ1) is 16.6. The highest BCUT2D eigenvalue weighted by Crippen LogP contribution is 2.25. The van der Waals surface area contributed by atoms with Gasteiger partial charge in [-0.05, 0) is 38.8 Å². The summed E-state index contributed by atoms with van der Waals surface area (Å²) >= 11 is 1.61. The monoisotopic (exact) mass is 315 g/mol. The van der Waals surface area contributed by atoms with E-state index in [1.807, 2.05) is 39.0 Å². The molecule has 3 nitrogen and oxygen atoms in total. The second kappa shape index (κ2) is 6.97. The Morgan fingerprint density at radius 2 is 1.82 bits per heavy atom. The van der Waals surface area contributed by atoms with Crippen LogP contribution in [-0.2, 0) is 5.75 Å². The molecule has 0 aliphatic carbocycles. The molecular weight excluding hydrogens is 294 g/mol. The highest BCUT2D eigenvalue weighted by Gasteiger charge is 2.23. The van der Waals surface area contributed by atoms with Crippen LogP contribution in [0.2, 0.25) is 0 Å². The second-order valence-electron chi connectivity index (χ2n) is 5.48. The SMILES string of the molecule is CC(=O)c1c(C)[nH]c(C(=O)[C@@H](C)SCc2ccccc2)c1C. The lowest BCUT2D eigenvalue weighted by molar-refractivity contribution is 0.0988. The minimum atomic E-state index is -0.156. The molecule has 0 spiro atoms. The lowest BCUT2D eigenvalue weighted by atomic mass is 10.0. The summed E-state index contributed by atoms with van der Waals surface area (Å²) in [5, 5.41) is -0.156. The highest BCUT2D eigenvalue weighted by atomic mass is 32.2. The van der Waals surface area contributed by atoms with Gasteiger partial charge in [0.2, 0.25) is 0 Å². The summed E-state index contributed by atoms with van der Waals surface area (Å²) < 4.78 is 0. The van der Waals surface area contributed by atoms with Crippen molar-refractivity contribution in [2.75, 3.05) is 0 Å². The lowest BCUT2D eigenvalue weighted by Gasteiger charge is -2.10. The minimum absolute atomic E-state index is 0.00473. The zero-order valence-corrected chi connectivity index (χ0v) is 14.2. The molecule has 0 fully saturated rings. The Hall–Kier alpha value is -1.81. The van der Waals surface area contributed by atoms with Crippen LogP contribution >= 0.6 is 11.8 Å². The van der Waals surface area contributed by atoms with E-state index in [4.69, 9.17) is 0 Å². The number of hydrogen-bond acceptors (Lipinski definition) is 3. The van der Waals surface area contributed by atoms with Crippen molar-refractivity contribution >= 4 is 23.3 Å². The van der Waals surface area contributed by atoms with Gasteiger partial charge in [-0.1, -0.05) is 30.3 Å². The van der Waals surface area contributed by atoms with Gasteiger partial charge in [0.1, 0.15) is 0 Å². The molecule has 1 aromatic carbocycles. The Kier molecular flexibility index (Phi) is 5.24. The molecule has 4 heteroatoms. The number of benzene rings is 1. The van der Waals surface area contributed by atoms with Crippen molar-refractivity contribution in [1.29, 1.82) is 0 Å². The Balaban J connectivity index is 2.11. The third-order valence-electron chi connectivity index (χ3n) is 3.75. The molecule has 0 aliphatic heterocycles. The quantitative estimate of drug-likeness (QED) is 0.807. The van der Waals surface area contributed by atoms with Crippen LogP contribution in [0.15, 0.2) is 30.3 Å². The molecule has 0 saturated heterocycles. The first-order valence-electron chi connectivity index (χ1n) is 7.31. The summed E-state index contributed by atoms with van der Waals surface area (Å²) in [7, 11) is 0. The molecular formula is C18H21NO2S. The van der Waals surface area contributed by atoms with Gasteiger partial charge in [0, 0.05) is 17.0 Å². The van der Waals surface area contributed by atoms with E-state index in [0.717, 1.165) is 17.0 Å². The molecule has 2 aromatic rings. The van der Waals surface area contributed by atoms with Crippen molar-refractivity contribution in [2.45, 2.75) is 38.7 Å². The van der Waals surface area contributed by atoms with Gasteiger partial charge < -0.3 is 4.98 Å². The van der Waals surface area contributed by atoms with E-state index in [1.165, 1.54) is 12.5 Å². The molecule has 0 aliphatic rings. The molecule has 0 unspecified atom stereocenters. The standard InChI is InChI=1S/C18H21NO2S/c1-11-16(13(3)20)12(2)19-17(11)18(21)14(4)22-10-15-8-6-5-7-9-15/h5-9,14,19H,10H2,1-4H3/t14-/m1/s1. The van der Waals surface area contributed by atoms with Gasteiger partial charge in [0.25, 0.3) is 0 Å². The lowest BCUT2D eigenvalue weighted by Crippen LogP contribution is -2.15. The second-order valence-corrected chi connectivity index (χ2v) is 6.81. The summed E-state index contributed by atoms with van der Waals surface area (Å²) in [6.07, 6.45) is 0. The summed E-state index contributed by atoms with van der Waals surface area (Å²) in [5.41, 5.74) is 3.95. The molecule has 1 heterocycles. The van der Waals surface area contributed by atoms with Crippen molar-refractivity contribution in [3.63, 3.8) is 0 Å². The molecule has 116 valence electrons. The normalized spacial score (nSPS) is 12.2. The zero-order valence-electron chi connectivity index (χ0n) is 13.4. The number of Topliss-reactive ketones (excluding diaryl/α,β-unsaturated/α-hetero) is 2. The maximum Gasteiger partial charge on any atom is 0.191 e. The van der Waals surface area contributed by atoms with Gasteiger partial charge in [-0.15, -0.1) is 11.8 Å². The highest BCUT2D eigenvalue weighted by molar-refractivity contribution is 7.99. The van der Waals surface area contributed by atoms with Crippen LogP contribution in [-0.4, -0.2) is 21.8 Å². The first-order valence-corrected chi connectivity index (χ1v) is 8.36. The van der Waals surface area contributed by atoms with Crippen molar-refractivity contribution in [2.24, 2.45) is 0 Å². The first-order chi connectivity index (χ1) is 10.4. The average Bonchev–Trinajstić information content (AvgIpc) is 2.80. The fourth-order valence-electron chi connectivity index (χ4n) is 2.60. The van der Waals surface area contributed by atoms with E-state index in [1.54, 1.807) is 11.8 Å². The van der Waals surface area contributed by atoms with E-state index in [9.17, 15) is 9.59 Å². The number of carbonyl (C=O) groups excluding carboxylic acids is 2. The van der Waals surface area contributed by atoms with Crippen LogP contribution in [0.5, 0.6) is 0 Å². The largest absolute Gasteiger partial charge is 0.355 e. The molecule has 0 amide bonds. The summed E-state index contributed by atoms with van der Waals surface area (Å²) in [4.78, 5) is 27.4. The average molecular weight is 315 g/mol. The van der Waals surface area contributed by atoms with Crippen molar-refractivity contribution in [1.82, 2.24) is 4.98 Å². The molecule has 0 radical (unpaired) electrons. The van der Waals surface area contributed by atoms with E-state index < -0.39 is 0 Å². The van der Waals surface area contributed by atoms with Crippen LogP contribution in [0, 0.1) is 13.8 Å². The van der Waals surface area contributed by atoms with E-state index in [-0.39, 0.29) is 16.8 Å². The predicted octanol–water partition coefficient (Wildman–Crippen LogP) is 4.34. The molecule has 0 bridgehead atoms. The molecule has 1 N–H and O–H groups in total. The van der Waals surface area contributed by atoms with E-state index >= 15 is 0 Å². The number of H-pyrrole nitrogens is 1. The third kappa shape index (κ3) is 3.50. The van der Waals surface area contributed by atoms with Crippen molar-refractivity contribution in [3.8, 4) is 0 Å². The Bertz CT molecular complexity index is 689. The Morgan fingerprint density at radius 1 is 1.18 bits per heavy atom. The maximum atomic E-state index is 12.6. The summed E-state index contributed by atoms with van der Waals surface area (Å²) in [5.74, 6) is 0.843. The Labute approximate surface area is 135 Å². The van der Waals surface area contributed by atoms with Crippen LogP contribution in [0.3, 0.4) is 0 Å². The van der Waals surface area contributed by atoms with Crippen molar-refractivity contribution < 1.29 is 9.59 Å². The van der Waals surface area contributed by atoms with Crippen LogP contribution < -0.4 is 0 Å². The number of aryl methyl sites for hydroxylation is 1. The smallest absolute Gasteiger partial charge is 0.191 e. The number of thioether (sulfide) groups is 1. The number of nitrogens with one attached hydrogen (secondary N) is 1.